The maximum absolute atomic E-state index is 10.00. The standard InChI is InChI=1S/C6H12BrNOS/c1-10-3-2-6(4-7)8-5-9/h5-6H,2-4H2,1H3,(H,8,9)/t6-/m0/s1. The molecule has 1 atom stereocenters. The topological polar surface area (TPSA) is 29.1 Å². The van der Waals surface area contributed by atoms with Crippen molar-refractivity contribution < 1.29 is 4.79 Å². The van der Waals surface area contributed by atoms with Crippen LogP contribution in [0.5, 0.6) is 0 Å². The lowest BCUT2D eigenvalue weighted by molar-refractivity contribution is -0.110. The number of halogens is 1. The van der Waals surface area contributed by atoms with Crippen LogP contribution in [0.15, 0.2) is 0 Å². The molecule has 10 heavy (non-hydrogen) atoms. The lowest BCUT2D eigenvalue weighted by atomic mass is 10.3. The molecule has 4 heteroatoms. The predicted molar refractivity (Wildman–Crippen MR) is 49.8 cm³/mol. The summed E-state index contributed by atoms with van der Waals surface area (Å²) in [5.41, 5.74) is 0. The van der Waals surface area contributed by atoms with Crippen molar-refractivity contribution in [1.82, 2.24) is 5.32 Å². The van der Waals surface area contributed by atoms with Crippen LogP contribution in [0.1, 0.15) is 6.42 Å². The smallest absolute Gasteiger partial charge is 0.207 e. The largest absolute Gasteiger partial charge is 0.355 e. The van der Waals surface area contributed by atoms with Crippen LogP contribution in [0.3, 0.4) is 0 Å². The van der Waals surface area contributed by atoms with Gasteiger partial charge in [0, 0.05) is 11.4 Å². The molecular weight excluding hydrogens is 214 g/mol. The van der Waals surface area contributed by atoms with Crippen molar-refractivity contribution in [2.75, 3.05) is 17.3 Å². The van der Waals surface area contributed by atoms with E-state index < -0.39 is 0 Å². The third-order valence-corrected chi connectivity index (χ3v) is 2.59. The van der Waals surface area contributed by atoms with Gasteiger partial charge in [0.05, 0.1) is 0 Å². The average Bonchev–Trinajstić information content (AvgIpc) is 1.98. The lowest BCUT2D eigenvalue weighted by Gasteiger charge is -2.10. The van der Waals surface area contributed by atoms with Crippen LogP contribution in [-0.4, -0.2) is 29.8 Å². The van der Waals surface area contributed by atoms with Gasteiger partial charge in [-0.1, -0.05) is 15.9 Å². The Morgan fingerprint density at radius 3 is 2.90 bits per heavy atom. The van der Waals surface area contributed by atoms with Crippen LogP contribution >= 0.6 is 27.7 Å². The van der Waals surface area contributed by atoms with Crippen LogP contribution in [0.2, 0.25) is 0 Å². The van der Waals surface area contributed by atoms with Crippen molar-refractivity contribution in [3.63, 3.8) is 0 Å². The van der Waals surface area contributed by atoms with Crippen molar-refractivity contribution in [1.29, 1.82) is 0 Å². The zero-order valence-corrected chi connectivity index (χ0v) is 8.37. The second kappa shape index (κ2) is 7.41. The quantitative estimate of drug-likeness (QED) is 0.545. The minimum absolute atomic E-state index is 0.296. The Labute approximate surface area is 74.3 Å². The molecule has 1 amide bonds. The molecule has 0 aliphatic heterocycles. The van der Waals surface area contributed by atoms with Crippen LogP contribution < -0.4 is 5.32 Å². The van der Waals surface area contributed by atoms with E-state index >= 15 is 0 Å². The Kier molecular flexibility index (Phi) is 7.63. The molecule has 0 radical (unpaired) electrons. The molecule has 0 rings (SSSR count). The molecule has 0 aromatic heterocycles. The van der Waals surface area contributed by atoms with E-state index in [0.29, 0.717) is 6.04 Å². The van der Waals surface area contributed by atoms with Gasteiger partial charge in [-0.15, -0.1) is 0 Å². The molecule has 0 aliphatic carbocycles. The number of hydrogen-bond acceptors (Lipinski definition) is 2. The summed E-state index contributed by atoms with van der Waals surface area (Å²) in [5, 5.41) is 3.57. The SMILES string of the molecule is CSCC[C@@H](CBr)NC=O. The van der Waals surface area contributed by atoms with E-state index in [4.69, 9.17) is 0 Å². The molecule has 0 aromatic carbocycles. The van der Waals surface area contributed by atoms with Gasteiger partial charge < -0.3 is 5.32 Å². The molecule has 0 fully saturated rings. The molecule has 0 unspecified atom stereocenters. The molecule has 0 aliphatic rings. The van der Waals surface area contributed by atoms with Gasteiger partial charge in [-0.2, -0.15) is 11.8 Å². The van der Waals surface area contributed by atoms with Gasteiger partial charge in [-0.05, 0) is 18.4 Å². The van der Waals surface area contributed by atoms with Gasteiger partial charge in [0.25, 0.3) is 0 Å². The summed E-state index contributed by atoms with van der Waals surface area (Å²) in [6, 6.07) is 0.296. The van der Waals surface area contributed by atoms with Crippen LogP contribution in [-0.2, 0) is 4.79 Å². The summed E-state index contributed by atoms with van der Waals surface area (Å²) in [4.78, 5) is 10.00. The number of alkyl halides is 1. The van der Waals surface area contributed by atoms with Crippen molar-refractivity contribution in [2.45, 2.75) is 12.5 Å². The molecule has 0 heterocycles. The number of rotatable bonds is 6. The number of carbonyl (C=O) groups is 1. The van der Waals surface area contributed by atoms with Crippen molar-refractivity contribution in [2.24, 2.45) is 0 Å². The first-order chi connectivity index (χ1) is 4.85. The first-order valence-electron chi connectivity index (χ1n) is 3.09. The van der Waals surface area contributed by atoms with E-state index in [9.17, 15) is 4.79 Å². The summed E-state index contributed by atoms with van der Waals surface area (Å²) < 4.78 is 0. The summed E-state index contributed by atoms with van der Waals surface area (Å²) in [7, 11) is 0. The molecule has 0 bridgehead atoms. The van der Waals surface area contributed by atoms with E-state index in [1.807, 2.05) is 0 Å². The van der Waals surface area contributed by atoms with E-state index in [2.05, 4.69) is 27.5 Å². The van der Waals surface area contributed by atoms with Crippen LogP contribution in [0, 0.1) is 0 Å². The highest BCUT2D eigenvalue weighted by Gasteiger charge is 2.02. The summed E-state index contributed by atoms with van der Waals surface area (Å²) in [5.74, 6) is 1.09. The average molecular weight is 226 g/mol. The Bertz CT molecular complexity index is 91.8. The van der Waals surface area contributed by atoms with Gasteiger partial charge in [0.15, 0.2) is 0 Å². The number of thioether (sulfide) groups is 1. The maximum Gasteiger partial charge on any atom is 0.207 e. The molecule has 0 spiro atoms. The highest BCUT2D eigenvalue weighted by Crippen LogP contribution is 2.02. The number of nitrogens with one attached hydrogen (secondary N) is 1. The minimum atomic E-state index is 0.296. The highest BCUT2D eigenvalue weighted by molar-refractivity contribution is 9.09. The Hall–Kier alpha value is 0.300. The van der Waals surface area contributed by atoms with E-state index in [-0.39, 0.29) is 0 Å². The highest BCUT2D eigenvalue weighted by atomic mass is 79.9. The van der Waals surface area contributed by atoms with Gasteiger partial charge in [0.2, 0.25) is 6.41 Å². The zero-order valence-electron chi connectivity index (χ0n) is 5.97. The maximum atomic E-state index is 10.00. The monoisotopic (exact) mass is 225 g/mol. The molecule has 0 saturated heterocycles. The van der Waals surface area contributed by atoms with Gasteiger partial charge >= 0.3 is 0 Å². The Balaban J connectivity index is 3.29. The third-order valence-electron chi connectivity index (χ3n) is 1.16. The lowest BCUT2D eigenvalue weighted by Crippen LogP contribution is -2.29. The number of hydrogen-bond donors (Lipinski definition) is 1. The third kappa shape index (κ3) is 5.11. The van der Waals surface area contributed by atoms with Crippen molar-refractivity contribution in [3.8, 4) is 0 Å². The fourth-order valence-corrected chi connectivity index (χ4v) is 1.59. The first kappa shape index (κ1) is 10.3. The van der Waals surface area contributed by atoms with E-state index in [0.717, 1.165) is 23.9 Å². The van der Waals surface area contributed by atoms with Crippen molar-refractivity contribution >= 4 is 34.1 Å². The molecular formula is C6H12BrNOS. The fourth-order valence-electron chi connectivity index (χ4n) is 0.561. The minimum Gasteiger partial charge on any atom is -0.355 e. The predicted octanol–water partition coefficient (Wildman–Crippen LogP) is 1.25. The molecule has 60 valence electrons. The van der Waals surface area contributed by atoms with E-state index in [1.54, 1.807) is 11.8 Å². The molecule has 0 aromatic rings. The Morgan fingerprint density at radius 2 is 2.50 bits per heavy atom. The fraction of sp³-hybridized carbons (Fsp3) is 0.833. The van der Waals surface area contributed by atoms with Gasteiger partial charge in [0.1, 0.15) is 0 Å². The number of amides is 1. The summed E-state index contributed by atoms with van der Waals surface area (Å²) in [6.07, 6.45) is 3.85. The molecule has 0 saturated carbocycles. The number of carbonyl (C=O) groups excluding carboxylic acids is 1. The second-order valence-corrected chi connectivity index (χ2v) is 3.55. The van der Waals surface area contributed by atoms with Crippen LogP contribution in [0.4, 0.5) is 0 Å². The first-order valence-corrected chi connectivity index (χ1v) is 5.61. The summed E-state index contributed by atoms with van der Waals surface area (Å²) >= 11 is 5.11. The molecule has 1 N–H and O–H groups in total. The van der Waals surface area contributed by atoms with E-state index in [1.165, 1.54) is 0 Å². The Morgan fingerprint density at radius 1 is 1.80 bits per heavy atom. The summed E-state index contributed by atoms with van der Waals surface area (Å²) in [6.45, 7) is 0. The van der Waals surface area contributed by atoms with Crippen molar-refractivity contribution in [3.05, 3.63) is 0 Å². The second-order valence-electron chi connectivity index (χ2n) is 1.92. The van der Waals surface area contributed by atoms with Gasteiger partial charge in [-0.25, -0.2) is 0 Å². The van der Waals surface area contributed by atoms with Crippen LogP contribution in [0.25, 0.3) is 0 Å². The zero-order chi connectivity index (χ0) is 7.82. The molecule has 2 nitrogen and oxygen atoms in total. The van der Waals surface area contributed by atoms with Gasteiger partial charge in [-0.3, -0.25) is 4.79 Å². The normalized spacial score (nSPS) is 12.6.